The average Bonchev–Trinajstić information content (AvgIpc) is 2.58. The first-order valence-electron chi connectivity index (χ1n) is 8.39. The predicted molar refractivity (Wildman–Crippen MR) is 102 cm³/mol. The van der Waals surface area contributed by atoms with Crippen LogP contribution in [-0.4, -0.2) is 0 Å². The van der Waals surface area contributed by atoms with Gasteiger partial charge < -0.3 is 0 Å². The van der Waals surface area contributed by atoms with Crippen LogP contribution >= 0.6 is 0 Å². The molecule has 4 aromatic rings. The Bertz CT molecular complexity index is 809. The number of aryl methyl sites for hydroxylation is 2. The summed E-state index contributed by atoms with van der Waals surface area (Å²) in [6.07, 6.45) is 0. The van der Waals surface area contributed by atoms with E-state index >= 15 is 0 Å². The van der Waals surface area contributed by atoms with Crippen molar-refractivity contribution in [1.82, 2.24) is 0 Å². The van der Waals surface area contributed by atoms with Crippen molar-refractivity contribution in [2.24, 2.45) is 0 Å². The van der Waals surface area contributed by atoms with E-state index in [0.29, 0.717) is 0 Å². The van der Waals surface area contributed by atoms with Crippen molar-refractivity contribution in [2.75, 3.05) is 0 Å². The van der Waals surface area contributed by atoms with Crippen molar-refractivity contribution in [3.63, 3.8) is 0 Å². The Hall–Kier alpha value is -2.08. The molecule has 0 unspecified atom stereocenters. The van der Waals surface area contributed by atoms with Crippen LogP contribution in [0.25, 0.3) is 32.3 Å². The molecule has 0 aromatic heterocycles. The molecule has 0 bridgehead atoms. The van der Waals surface area contributed by atoms with Gasteiger partial charge in [0.15, 0.2) is 0 Å². The number of benzene rings is 4. The highest BCUT2D eigenvalue weighted by Crippen LogP contribution is 2.37. The summed E-state index contributed by atoms with van der Waals surface area (Å²) in [4.78, 5) is 0. The molecule has 22 heavy (non-hydrogen) atoms. The molecule has 0 aliphatic heterocycles. The molecular formula is C22H26. The van der Waals surface area contributed by atoms with Gasteiger partial charge in [0.2, 0.25) is 0 Å². The van der Waals surface area contributed by atoms with Crippen LogP contribution in [0.1, 0.15) is 38.8 Å². The van der Waals surface area contributed by atoms with Crippen molar-refractivity contribution in [2.45, 2.75) is 41.5 Å². The molecule has 0 nitrogen and oxygen atoms in total. The molecule has 0 spiro atoms. The Morgan fingerprint density at radius 3 is 1.27 bits per heavy atom. The first kappa shape index (κ1) is 16.3. The second-order valence-electron chi connectivity index (χ2n) is 5.19. The van der Waals surface area contributed by atoms with E-state index in [1.54, 1.807) is 0 Å². The Balaban J connectivity index is 0.000000410. The van der Waals surface area contributed by atoms with Gasteiger partial charge in [0.05, 0.1) is 0 Å². The first-order chi connectivity index (χ1) is 10.8. The summed E-state index contributed by atoms with van der Waals surface area (Å²) in [6.45, 7) is 12.4. The largest absolute Gasteiger partial charge is 0.0683 e. The quantitative estimate of drug-likeness (QED) is 0.299. The summed E-state index contributed by atoms with van der Waals surface area (Å²) in [5.41, 5.74) is 2.73. The van der Waals surface area contributed by atoms with E-state index in [1.807, 2.05) is 27.7 Å². The molecule has 0 N–H and O–H groups in total. The van der Waals surface area contributed by atoms with Crippen LogP contribution in [0.3, 0.4) is 0 Å². The van der Waals surface area contributed by atoms with Gasteiger partial charge in [-0.1, -0.05) is 76.2 Å². The molecule has 0 heteroatoms. The van der Waals surface area contributed by atoms with Gasteiger partial charge in [-0.25, -0.2) is 0 Å². The molecule has 0 atom stereocenters. The van der Waals surface area contributed by atoms with Crippen molar-refractivity contribution < 1.29 is 0 Å². The van der Waals surface area contributed by atoms with Crippen molar-refractivity contribution in [1.29, 1.82) is 0 Å². The summed E-state index contributed by atoms with van der Waals surface area (Å²) in [7, 11) is 0. The van der Waals surface area contributed by atoms with Crippen LogP contribution in [0, 0.1) is 13.8 Å². The SMILES string of the molecule is CC.CC.Cc1cc2cccc3c(C)cc4cccc1c4c23. The molecule has 4 aromatic carbocycles. The minimum Gasteiger partial charge on any atom is -0.0683 e. The molecule has 0 aliphatic carbocycles. The van der Waals surface area contributed by atoms with Crippen molar-refractivity contribution in [3.05, 3.63) is 59.7 Å². The third-order valence-corrected chi connectivity index (χ3v) is 4.04. The Kier molecular flexibility index (Phi) is 5.03. The van der Waals surface area contributed by atoms with Crippen molar-refractivity contribution in [3.8, 4) is 0 Å². The van der Waals surface area contributed by atoms with E-state index in [2.05, 4.69) is 62.4 Å². The Morgan fingerprint density at radius 2 is 0.909 bits per heavy atom. The fourth-order valence-corrected chi connectivity index (χ4v) is 3.22. The van der Waals surface area contributed by atoms with Crippen LogP contribution in [0.15, 0.2) is 48.5 Å². The summed E-state index contributed by atoms with van der Waals surface area (Å²) < 4.78 is 0. The lowest BCUT2D eigenvalue weighted by Gasteiger charge is -2.14. The normalized spacial score (nSPS) is 10.3. The summed E-state index contributed by atoms with van der Waals surface area (Å²) in [5, 5.41) is 8.34. The maximum Gasteiger partial charge on any atom is -0.00239 e. The van der Waals surface area contributed by atoms with Gasteiger partial charge >= 0.3 is 0 Å². The van der Waals surface area contributed by atoms with Crippen molar-refractivity contribution >= 4 is 32.3 Å². The van der Waals surface area contributed by atoms with Crippen LogP contribution in [0.5, 0.6) is 0 Å². The Morgan fingerprint density at radius 1 is 0.545 bits per heavy atom. The third-order valence-electron chi connectivity index (χ3n) is 4.04. The predicted octanol–water partition coefficient (Wildman–Crippen LogP) is 7.25. The first-order valence-corrected chi connectivity index (χ1v) is 8.39. The molecule has 0 radical (unpaired) electrons. The molecule has 114 valence electrons. The van der Waals surface area contributed by atoms with E-state index in [1.165, 1.54) is 43.4 Å². The van der Waals surface area contributed by atoms with Crippen LogP contribution in [0.4, 0.5) is 0 Å². The molecule has 0 saturated carbocycles. The van der Waals surface area contributed by atoms with E-state index in [0.717, 1.165) is 0 Å². The van der Waals surface area contributed by atoms with E-state index in [4.69, 9.17) is 0 Å². The summed E-state index contributed by atoms with van der Waals surface area (Å²) >= 11 is 0. The number of rotatable bonds is 0. The molecule has 0 fully saturated rings. The highest BCUT2D eigenvalue weighted by molar-refractivity contribution is 6.24. The van der Waals surface area contributed by atoms with Gasteiger partial charge in [0.1, 0.15) is 0 Å². The van der Waals surface area contributed by atoms with Crippen LogP contribution in [0.2, 0.25) is 0 Å². The number of hydrogen-bond donors (Lipinski definition) is 0. The van der Waals surface area contributed by atoms with E-state index in [9.17, 15) is 0 Å². The lowest BCUT2D eigenvalue weighted by molar-refractivity contribution is 1.50. The molecular weight excluding hydrogens is 264 g/mol. The van der Waals surface area contributed by atoms with Gasteiger partial charge in [0.25, 0.3) is 0 Å². The van der Waals surface area contributed by atoms with Crippen LogP contribution in [-0.2, 0) is 0 Å². The zero-order chi connectivity index (χ0) is 16.3. The molecule has 0 heterocycles. The van der Waals surface area contributed by atoms with E-state index in [-0.39, 0.29) is 0 Å². The average molecular weight is 290 g/mol. The smallest absolute Gasteiger partial charge is 0.00239 e. The second kappa shape index (κ2) is 6.79. The number of hydrogen-bond acceptors (Lipinski definition) is 0. The van der Waals surface area contributed by atoms with Gasteiger partial charge in [-0.2, -0.15) is 0 Å². The lowest BCUT2D eigenvalue weighted by Crippen LogP contribution is -1.88. The highest BCUT2D eigenvalue weighted by atomic mass is 14.1. The summed E-state index contributed by atoms with van der Waals surface area (Å²) in [5.74, 6) is 0. The molecule has 0 aliphatic rings. The van der Waals surface area contributed by atoms with Gasteiger partial charge in [0, 0.05) is 0 Å². The highest BCUT2D eigenvalue weighted by Gasteiger charge is 2.10. The third kappa shape index (κ3) is 2.43. The molecule has 0 saturated heterocycles. The van der Waals surface area contributed by atoms with Gasteiger partial charge in [-0.3, -0.25) is 0 Å². The zero-order valence-electron chi connectivity index (χ0n) is 14.6. The molecule has 4 rings (SSSR count). The zero-order valence-corrected chi connectivity index (χ0v) is 14.6. The van der Waals surface area contributed by atoms with Gasteiger partial charge in [-0.15, -0.1) is 0 Å². The molecule has 0 amide bonds. The monoisotopic (exact) mass is 290 g/mol. The fraction of sp³-hybridized carbons (Fsp3) is 0.273. The topological polar surface area (TPSA) is 0 Å². The van der Waals surface area contributed by atoms with Gasteiger partial charge in [-0.05, 0) is 57.3 Å². The second-order valence-corrected chi connectivity index (χ2v) is 5.19. The fourth-order valence-electron chi connectivity index (χ4n) is 3.22. The maximum atomic E-state index is 2.31. The minimum atomic E-state index is 1.36. The maximum absolute atomic E-state index is 2.31. The standard InChI is InChI=1S/C18H14.2C2H6/c1-11-9-13-5-4-8-16-12(2)10-14-6-3-7-15(11)17(14)18(13)16;2*1-2/h3-10H,1-2H3;2*1-2H3. The summed E-state index contributed by atoms with van der Waals surface area (Å²) in [6, 6.07) is 17.9. The minimum absolute atomic E-state index is 1.36. The van der Waals surface area contributed by atoms with Crippen LogP contribution < -0.4 is 0 Å². The Labute approximate surface area is 134 Å². The van der Waals surface area contributed by atoms with E-state index < -0.39 is 0 Å². The lowest BCUT2D eigenvalue weighted by atomic mass is 9.90.